The van der Waals surface area contributed by atoms with E-state index in [1.807, 2.05) is 35.1 Å². The van der Waals surface area contributed by atoms with Crippen LogP contribution in [0.5, 0.6) is 0 Å². The first-order chi connectivity index (χ1) is 11.8. The number of rotatable bonds is 3. The van der Waals surface area contributed by atoms with Crippen molar-refractivity contribution in [3.05, 3.63) is 36.2 Å². The first-order valence-electron chi connectivity index (χ1n) is 9.21. The molecule has 1 atom stereocenters. The van der Waals surface area contributed by atoms with E-state index in [1.54, 1.807) is 0 Å². The Kier molecular flexibility index (Phi) is 4.52. The van der Waals surface area contributed by atoms with Crippen molar-refractivity contribution in [2.45, 2.75) is 32.1 Å². The Labute approximate surface area is 143 Å². The van der Waals surface area contributed by atoms with Crippen molar-refractivity contribution in [2.75, 3.05) is 26.2 Å². The Bertz CT molecular complexity index is 704. The summed E-state index contributed by atoms with van der Waals surface area (Å²) in [5.41, 5.74) is 2.07. The number of amides is 1. The zero-order valence-corrected chi connectivity index (χ0v) is 14.2. The Balaban J connectivity index is 1.42. The number of hydrogen-bond donors (Lipinski definition) is 1. The van der Waals surface area contributed by atoms with E-state index in [-0.39, 0.29) is 5.91 Å². The molecule has 5 heteroatoms. The van der Waals surface area contributed by atoms with Crippen molar-refractivity contribution in [3.8, 4) is 0 Å². The van der Waals surface area contributed by atoms with Crippen LogP contribution in [0.4, 0.5) is 0 Å². The predicted octanol–water partition coefficient (Wildman–Crippen LogP) is 2.12. The molecule has 2 aromatic heterocycles. The molecule has 4 rings (SSSR count). The number of fused-ring (bicyclic) bond motifs is 1. The molecular weight excluding hydrogens is 300 g/mol. The molecule has 0 bridgehead atoms. The third kappa shape index (κ3) is 3.18. The molecule has 5 nitrogen and oxygen atoms in total. The lowest BCUT2D eigenvalue weighted by molar-refractivity contribution is -0.132. The first kappa shape index (κ1) is 15.6. The van der Waals surface area contributed by atoms with E-state index in [0.29, 0.717) is 12.3 Å². The van der Waals surface area contributed by atoms with E-state index in [9.17, 15) is 4.79 Å². The fraction of sp³-hybridized carbons (Fsp3) is 0.579. The van der Waals surface area contributed by atoms with Gasteiger partial charge in [-0.05, 0) is 62.7 Å². The van der Waals surface area contributed by atoms with Crippen LogP contribution < -0.4 is 5.32 Å². The highest BCUT2D eigenvalue weighted by atomic mass is 16.2. The second-order valence-corrected chi connectivity index (χ2v) is 7.21. The molecule has 0 aromatic carbocycles. The van der Waals surface area contributed by atoms with Gasteiger partial charge in [-0.15, -0.1) is 0 Å². The summed E-state index contributed by atoms with van der Waals surface area (Å²) in [6, 6.07) is 5.99. The van der Waals surface area contributed by atoms with Gasteiger partial charge in [-0.2, -0.15) is 5.10 Å². The predicted molar refractivity (Wildman–Crippen MR) is 93.8 cm³/mol. The van der Waals surface area contributed by atoms with Crippen molar-refractivity contribution >= 4 is 11.4 Å². The van der Waals surface area contributed by atoms with Crippen LogP contribution in [0.25, 0.3) is 5.52 Å². The number of hydrogen-bond acceptors (Lipinski definition) is 3. The summed E-state index contributed by atoms with van der Waals surface area (Å²) in [6.45, 7) is 4.14. The Morgan fingerprint density at radius 1 is 1.21 bits per heavy atom. The maximum atomic E-state index is 12.8. The summed E-state index contributed by atoms with van der Waals surface area (Å²) >= 11 is 0. The lowest BCUT2D eigenvalue weighted by atomic mass is 9.80. The summed E-state index contributed by atoms with van der Waals surface area (Å²) in [5.74, 6) is 1.74. The quantitative estimate of drug-likeness (QED) is 0.940. The number of aromatic nitrogens is 2. The molecule has 1 N–H and O–H groups in total. The van der Waals surface area contributed by atoms with Gasteiger partial charge in [0.25, 0.3) is 0 Å². The maximum absolute atomic E-state index is 12.8. The number of nitrogens with zero attached hydrogens (tertiary/aromatic N) is 3. The zero-order valence-electron chi connectivity index (χ0n) is 14.2. The molecule has 1 amide bonds. The minimum Gasteiger partial charge on any atom is -0.342 e. The standard InChI is InChI=1S/C19H26N4O/c24-19(12-17-13-21-23-11-2-1-5-18(17)23)22-10-3-4-16(14-22)15-6-8-20-9-7-15/h1-2,5,11,13,15-16,20H,3-4,6-10,12,14H2. The van der Waals surface area contributed by atoms with E-state index >= 15 is 0 Å². The fourth-order valence-corrected chi connectivity index (χ4v) is 4.34. The van der Waals surface area contributed by atoms with Gasteiger partial charge in [-0.25, -0.2) is 4.52 Å². The van der Waals surface area contributed by atoms with E-state index in [1.165, 1.54) is 19.3 Å². The van der Waals surface area contributed by atoms with Crippen LogP contribution in [0.15, 0.2) is 30.6 Å². The number of likely N-dealkylation sites (tertiary alicyclic amines) is 1. The lowest BCUT2D eigenvalue weighted by Gasteiger charge is -2.38. The van der Waals surface area contributed by atoms with Crippen LogP contribution in [-0.4, -0.2) is 46.6 Å². The summed E-state index contributed by atoms with van der Waals surface area (Å²) < 4.78 is 1.84. The number of carbonyl (C=O) groups excluding carboxylic acids is 1. The third-order valence-electron chi connectivity index (χ3n) is 5.71. The minimum atomic E-state index is 0.257. The summed E-state index contributed by atoms with van der Waals surface area (Å²) in [6.07, 6.45) is 9.19. The maximum Gasteiger partial charge on any atom is 0.227 e. The Hall–Kier alpha value is -1.88. The second-order valence-electron chi connectivity index (χ2n) is 7.21. The average Bonchev–Trinajstić information content (AvgIpc) is 3.06. The van der Waals surface area contributed by atoms with Crippen LogP contribution in [0.2, 0.25) is 0 Å². The van der Waals surface area contributed by atoms with Gasteiger partial charge in [0.05, 0.1) is 18.1 Å². The number of piperidine rings is 2. The topological polar surface area (TPSA) is 49.6 Å². The average molecular weight is 326 g/mol. The fourth-order valence-electron chi connectivity index (χ4n) is 4.34. The summed E-state index contributed by atoms with van der Waals surface area (Å²) in [4.78, 5) is 14.9. The van der Waals surface area contributed by atoms with Gasteiger partial charge in [-0.1, -0.05) is 6.07 Å². The van der Waals surface area contributed by atoms with Crippen LogP contribution in [-0.2, 0) is 11.2 Å². The largest absolute Gasteiger partial charge is 0.342 e. The van der Waals surface area contributed by atoms with Crippen LogP contribution >= 0.6 is 0 Å². The number of pyridine rings is 1. The van der Waals surface area contributed by atoms with E-state index in [2.05, 4.69) is 15.3 Å². The molecule has 128 valence electrons. The van der Waals surface area contributed by atoms with Crippen molar-refractivity contribution in [2.24, 2.45) is 11.8 Å². The van der Waals surface area contributed by atoms with Crippen molar-refractivity contribution < 1.29 is 4.79 Å². The molecule has 0 spiro atoms. The highest BCUT2D eigenvalue weighted by Gasteiger charge is 2.30. The summed E-state index contributed by atoms with van der Waals surface area (Å²) in [5, 5.41) is 7.79. The van der Waals surface area contributed by atoms with Crippen LogP contribution in [0, 0.1) is 11.8 Å². The molecule has 2 aliphatic heterocycles. The zero-order chi connectivity index (χ0) is 16.4. The second kappa shape index (κ2) is 6.93. The van der Waals surface area contributed by atoms with Gasteiger partial charge in [-0.3, -0.25) is 4.79 Å². The number of nitrogens with one attached hydrogen (secondary N) is 1. The molecule has 1 unspecified atom stereocenters. The monoisotopic (exact) mass is 326 g/mol. The highest BCUT2D eigenvalue weighted by Crippen LogP contribution is 2.30. The first-order valence-corrected chi connectivity index (χ1v) is 9.21. The molecule has 4 heterocycles. The smallest absolute Gasteiger partial charge is 0.227 e. The van der Waals surface area contributed by atoms with Gasteiger partial charge < -0.3 is 10.2 Å². The molecule has 24 heavy (non-hydrogen) atoms. The molecule has 2 fully saturated rings. The molecule has 0 aliphatic carbocycles. The molecule has 2 aliphatic rings. The van der Waals surface area contributed by atoms with E-state index in [0.717, 1.165) is 49.6 Å². The molecule has 0 saturated carbocycles. The van der Waals surface area contributed by atoms with Crippen molar-refractivity contribution in [1.29, 1.82) is 0 Å². The van der Waals surface area contributed by atoms with E-state index in [4.69, 9.17) is 0 Å². The Morgan fingerprint density at radius 2 is 2.08 bits per heavy atom. The lowest BCUT2D eigenvalue weighted by Crippen LogP contribution is -2.44. The van der Waals surface area contributed by atoms with Gasteiger partial charge in [0.1, 0.15) is 0 Å². The normalized spacial score (nSPS) is 22.8. The van der Waals surface area contributed by atoms with Gasteiger partial charge in [0, 0.05) is 24.8 Å². The van der Waals surface area contributed by atoms with Crippen molar-refractivity contribution in [1.82, 2.24) is 19.8 Å². The minimum absolute atomic E-state index is 0.257. The Morgan fingerprint density at radius 3 is 2.96 bits per heavy atom. The number of carbonyl (C=O) groups is 1. The molecule has 2 aromatic rings. The van der Waals surface area contributed by atoms with Crippen LogP contribution in [0.1, 0.15) is 31.2 Å². The third-order valence-corrected chi connectivity index (χ3v) is 5.71. The van der Waals surface area contributed by atoms with Gasteiger partial charge in [0.2, 0.25) is 5.91 Å². The van der Waals surface area contributed by atoms with Gasteiger partial charge >= 0.3 is 0 Å². The van der Waals surface area contributed by atoms with E-state index < -0.39 is 0 Å². The molecular formula is C19H26N4O. The SMILES string of the molecule is O=C(Cc1cnn2ccccc12)N1CCCC(C2CCNCC2)C1. The molecule has 0 radical (unpaired) electrons. The van der Waals surface area contributed by atoms with Crippen molar-refractivity contribution in [3.63, 3.8) is 0 Å². The summed E-state index contributed by atoms with van der Waals surface area (Å²) in [7, 11) is 0. The van der Waals surface area contributed by atoms with Crippen LogP contribution in [0.3, 0.4) is 0 Å². The van der Waals surface area contributed by atoms with Gasteiger partial charge in [0.15, 0.2) is 0 Å². The highest BCUT2D eigenvalue weighted by molar-refractivity contribution is 5.81. The molecule has 2 saturated heterocycles.